The van der Waals surface area contributed by atoms with Gasteiger partial charge in [0.2, 0.25) is 5.91 Å². The zero-order valence-corrected chi connectivity index (χ0v) is 14.0. The standard InChI is InChI=1S/C17H19FN2O5/c1-4-24-16(22)10(2)14-6-5-12(7-15(14)18)20-9-13(25-17(20)23)8-19-11(3)21/h5-7,13H,2,4,8-9H2,1,3H3,(H,19,21)/t13-/m0/s1. The first kappa shape index (κ1) is 18.4. The summed E-state index contributed by atoms with van der Waals surface area (Å²) in [5.41, 5.74) is 0.191. The van der Waals surface area contributed by atoms with Crippen LogP contribution < -0.4 is 10.2 Å². The molecule has 1 N–H and O–H groups in total. The summed E-state index contributed by atoms with van der Waals surface area (Å²) in [6.45, 7) is 7.05. The first-order chi connectivity index (χ1) is 11.8. The molecule has 1 aromatic rings. The topological polar surface area (TPSA) is 84.9 Å². The zero-order chi connectivity index (χ0) is 18.6. The third-order valence-electron chi connectivity index (χ3n) is 3.56. The van der Waals surface area contributed by atoms with Crippen LogP contribution in [0.15, 0.2) is 24.8 Å². The highest BCUT2D eigenvalue weighted by molar-refractivity contribution is 6.15. The second-order valence-corrected chi connectivity index (χ2v) is 5.42. The van der Waals surface area contributed by atoms with Crippen LogP contribution in [-0.4, -0.2) is 43.8 Å². The molecule has 1 atom stereocenters. The number of hydrogen-bond acceptors (Lipinski definition) is 5. The lowest BCUT2D eigenvalue weighted by Crippen LogP contribution is -2.33. The zero-order valence-electron chi connectivity index (χ0n) is 14.0. The van der Waals surface area contributed by atoms with Gasteiger partial charge >= 0.3 is 12.1 Å². The second kappa shape index (κ2) is 7.78. The third-order valence-corrected chi connectivity index (χ3v) is 3.56. The van der Waals surface area contributed by atoms with Crippen LogP contribution in [0.2, 0.25) is 0 Å². The molecule has 2 amide bonds. The molecular formula is C17H19FN2O5. The molecule has 0 bridgehead atoms. The van der Waals surface area contributed by atoms with Crippen molar-refractivity contribution in [3.8, 4) is 0 Å². The van der Waals surface area contributed by atoms with Gasteiger partial charge in [-0.1, -0.05) is 6.58 Å². The molecule has 1 aliphatic heterocycles. The van der Waals surface area contributed by atoms with Crippen molar-refractivity contribution in [3.05, 3.63) is 36.2 Å². The molecule has 0 aromatic heterocycles. The van der Waals surface area contributed by atoms with Crippen molar-refractivity contribution >= 4 is 29.2 Å². The number of halogens is 1. The predicted molar refractivity (Wildman–Crippen MR) is 88.4 cm³/mol. The minimum absolute atomic E-state index is 0.00422. The second-order valence-electron chi connectivity index (χ2n) is 5.42. The summed E-state index contributed by atoms with van der Waals surface area (Å²) in [6, 6.07) is 3.98. The molecule has 0 saturated carbocycles. The van der Waals surface area contributed by atoms with Crippen molar-refractivity contribution in [2.75, 3.05) is 24.6 Å². The van der Waals surface area contributed by atoms with Crippen LogP contribution in [0.25, 0.3) is 5.57 Å². The number of nitrogens with one attached hydrogen (secondary N) is 1. The Labute approximate surface area is 144 Å². The highest BCUT2D eigenvalue weighted by Crippen LogP contribution is 2.26. The van der Waals surface area contributed by atoms with Crippen molar-refractivity contribution in [1.82, 2.24) is 5.32 Å². The molecule has 1 fully saturated rings. The van der Waals surface area contributed by atoms with Crippen molar-refractivity contribution in [1.29, 1.82) is 0 Å². The number of amides is 2. The van der Waals surface area contributed by atoms with Gasteiger partial charge < -0.3 is 14.8 Å². The summed E-state index contributed by atoms with van der Waals surface area (Å²) >= 11 is 0. The smallest absolute Gasteiger partial charge is 0.414 e. The molecule has 7 nitrogen and oxygen atoms in total. The number of carbonyl (C=O) groups excluding carboxylic acids is 3. The number of cyclic esters (lactones) is 1. The largest absolute Gasteiger partial charge is 0.462 e. The van der Waals surface area contributed by atoms with Crippen LogP contribution >= 0.6 is 0 Å². The number of carbonyl (C=O) groups is 3. The third kappa shape index (κ3) is 4.34. The predicted octanol–water partition coefficient (Wildman–Crippen LogP) is 1.86. The molecule has 0 radical (unpaired) electrons. The van der Waals surface area contributed by atoms with Gasteiger partial charge in [0.1, 0.15) is 11.9 Å². The molecule has 1 aliphatic rings. The number of nitrogens with zero attached hydrogens (tertiary/aromatic N) is 1. The Kier molecular flexibility index (Phi) is 5.74. The lowest BCUT2D eigenvalue weighted by atomic mass is 10.1. The van der Waals surface area contributed by atoms with E-state index in [2.05, 4.69) is 11.9 Å². The first-order valence-corrected chi connectivity index (χ1v) is 7.72. The van der Waals surface area contributed by atoms with Gasteiger partial charge in [0, 0.05) is 12.5 Å². The Morgan fingerprint density at radius 1 is 1.48 bits per heavy atom. The van der Waals surface area contributed by atoms with Crippen LogP contribution in [0.4, 0.5) is 14.9 Å². The van der Waals surface area contributed by atoms with Crippen LogP contribution in [0.1, 0.15) is 19.4 Å². The summed E-state index contributed by atoms with van der Waals surface area (Å²) in [6.07, 6.45) is -1.15. The fourth-order valence-corrected chi connectivity index (χ4v) is 2.34. The maximum atomic E-state index is 14.3. The van der Waals surface area contributed by atoms with E-state index in [9.17, 15) is 18.8 Å². The maximum Gasteiger partial charge on any atom is 0.414 e. The Morgan fingerprint density at radius 2 is 2.20 bits per heavy atom. The molecule has 1 saturated heterocycles. The number of anilines is 1. The van der Waals surface area contributed by atoms with Gasteiger partial charge in [-0.3, -0.25) is 9.69 Å². The van der Waals surface area contributed by atoms with E-state index in [0.29, 0.717) is 0 Å². The SMILES string of the molecule is C=C(C(=O)OCC)c1ccc(N2C[C@H](CNC(C)=O)OC2=O)cc1F. The van der Waals surface area contributed by atoms with E-state index in [1.54, 1.807) is 6.92 Å². The van der Waals surface area contributed by atoms with E-state index in [4.69, 9.17) is 9.47 Å². The van der Waals surface area contributed by atoms with E-state index >= 15 is 0 Å². The Morgan fingerprint density at radius 3 is 2.80 bits per heavy atom. The van der Waals surface area contributed by atoms with Crippen LogP contribution in [-0.2, 0) is 19.1 Å². The first-order valence-electron chi connectivity index (χ1n) is 7.72. The number of rotatable bonds is 6. The molecule has 1 heterocycles. The van der Waals surface area contributed by atoms with Crippen LogP contribution in [0, 0.1) is 5.82 Å². The minimum Gasteiger partial charge on any atom is -0.462 e. The Hall–Kier alpha value is -2.90. The highest BCUT2D eigenvalue weighted by atomic mass is 19.1. The number of esters is 1. The molecule has 8 heteroatoms. The Bertz CT molecular complexity index is 719. The lowest BCUT2D eigenvalue weighted by Gasteiger charge is -2.15. The van der Waals surface area contributed by atoms with Gasteiger partial charge in [-0.05, 0) is 25.1 Å². The molecule has 25 heavy (non-hydrogen) atoms. The van der Waals surface area contributed by atoms with Crippen molar-refractivity contribution < 1.29 is 28.2 Å². The summed E-state index contributed by atoms with van der Waals surface area (Å²) in [5.74, 6) is -1.64. The average Bonchev–Trinajstić information content (AvgIpc) is 2.93. The van der Waals surface area contributed by atoms with Gasteiger partial charge in [0.05, 0.1) is 31.0 Å². The molecule has 0 unspecified atom stereocenters. The summed E-state index contributed by atoms with van der Waals surface area (Å²) in [4.78, 5) is 35.8. The Balaban J connectivity index is 2.12. The van der Waals surface area contributed by atoms with Crippen molar-refractivity contribution in [2.24, 2.45) is 0 Å². The van der Waals surface area contributed by atoms with E-state index < -0.39 is 24.0 Å². The molecule has 134 valence electrons. The van der Waals surface area contributed by atoms with Crippen molar-refractivity contribution in [2.45, 2.75) is 20.0 Å². The van der Waals surface area contributed by atoms with Gasteiger partial charge in [0.25, 0.3) is 0 Å². The number of ether oxygens (including phenoxy) is 2. The summed E-state index contributed by atoms with van der Waals surface area (Å²) in [5, 5.41) is 2.56. The molecule has 2 rings (SSSR count). The number of hydrogen-bond donors (Lipinski definition) is 1. The van der Waals surface area contributed by atoms with E-state index in [-0.39, 0.29) is 42.4 Å². The number of benzene rings is 1. The van der Waals surface area contributed by atoms with Crippen molar-refractivity contribution in [3.63, 3.8) is 0 Å². The average molecular weight is 350 g/mol. The van der Waals surface area contributed by atoms with Gasteiger partial charge in [-0.2, -0.15) is 0 Å². The normalized spacial score (nSPS) is 16.4. The van der Waals surface area contributed by atoms with Gasteiger partial charge in [-0.25, -0.2) is 14.0 Å². The maximum absolute atomic E-state index is 14.3. The van der Waals surface area contributed by atoms with Gasteiger partial charge in [-0.15, -0.1) is 0 Å². The van der Waals surface area contributed by atoms with Gasteiger partial charge in [0.15, 0.2) is 0 Å². The fourth-order valence-electron chi connectivity index (χ4n) is 2.34. The minimum atomic E-state index is -0.704. The van der Waals surface area contributed by atoms with Crippen LogP contribution in [0.3, 0.4) is 0 Å². The lowest BCUT2D eigenvalue weighted by molar-refractivity contribution is -0.136. The molecular weight excluding hydrogens is 331 g/mol. The molecule has 1 aromatic carbocycles. The molecule has 0 aliphatic carbocycles. The fraction of sp³-hybridized carbons (Fsp3) is 0.353. The van der Waals surface area contributed by atoms with Crippen LogP contribution in [0.5, 0.6) is 0 Å². The van der Waals surface area contributed by atoms with E-state index in [1.807, 2.05) is 0 Å². The van der Waals surface area contributed by atoms with E-state index in [0.717, 1.165) is 6.07 Å². The van der Waals surface area contributed by atoms with E-state index in [1.165, 1.54) is 24.0 Å². The summed E-state index contributed by atoms with van der Waals surface area (Å²) < 4.78 is 24.2. The quantitative estimate of drug-likeness (QED) is 0.625. The highest BCUT2D eigenvalue weighted by Gasteiger charge is 2.32. The molecule has 0 spiro atoms. The monoisotopic (exact) mass is 350 g/mol. The summed E-state index contributed by atoms with van der Waals surface area (Å²) in [7, 11) is 0.